The van der Waals surface area contributed by atoms with Gasteiger partial charge in [-0.2, -0.15) is 15.1 Å². The van der Waals surface area contributed by atoms with Gasteiger partial charge in [0.05, 0.1) is 11.8 Å². The molecular weight excluding hydrogens is 196 g/mol. The number of hydrogen-bond acceptors (Lipinski definition) is 5. The van der Waals surface area contributed by atoms with E-state index in [2.05, 4.69) is 20.1 Å². The predicted molar refractivity (Wildman–Crippen MR) is 54.0 cm³/mol. The minimum Gasteiger partial charge on any atom is -0.368 e. The second-order valence-corrected chi connectivity index (χ2v) is 3.13. The van der Waals surface area contributed by atoms with Crippen LogP contribution in [0.15, 0.2) is 11.0 Å². The van der Waals surface area contributed by atoms with Crippen molar-refractivity contribution in [1.82, 2.24) is 24.7 Å². The molecule has 0 bridgehead atoms. The van der Waals surface area contributed by atoms with Crippen LogP contribution in [0.1, 0.15) is 5.69 Å². The summed E-state index contributed by atoms with van der Waals surface area (Å²) >= 11 is 0. The largest absolute Gasteiger partial charge is 0.368 e. The number of nitrogens with zero attached hydrogens (tertiary/aromatic N) is 4. The van der Waals surface area contributed by atoms with E-state index in [0.717, 1.165) is 11.3 Å². The van der Waals surface area contributed by atoms with Crippen molar-refractivity contribution in [3.8, 4) is 11.4 Å². The van der Waals surface area contributed by atoms with E-state index in [1.807, 2.05) is 14.0 Å². The number of aromatic nitrogens is 5. The first-order valence-corrected chi connectivity index (χ1v) is 4.30. The summed E-state index contributed by atoms with van der Waals surface area (Å²) in [5.41, 5.74) is 6.50. The van der Waals surface area contributed by atoms with Crippen molar-refractivity contribution in [2.75, 3.05) is 5.73 Å². The topological polar surface area (TPSA) is 102 Å². The molecule has 2 heterocycles. The lowest BCUT2D eigenvalue weighted by Gasteiger charge is -1.99. The van der Waals surface area contributed by atoms with Crippen LogP contribution in [0.25, 0.3) is 11.4 Å². The molecule has 0 aromatic carbocycles. The van der Waals surface area contributed by atoms with E-state index in [-0.39, 0.29) is 5.95 Å². The smallest absolute Gasteiger partial charge is 0.349 e. The van der Waals surface area contributed by atoms with Gasteiger partial charge >= 0.3 is 5.69 Å². The molecule has 0 aliphatic heterocycles. The van der Waals surface area contributed by atoms with Crippen molar-refractivity contribution in [2.24, 2.45) is 7.05 Å². The third-order valence-electron chi connectivity index (χ3n) is 2.16. The molecule has 7 heteroatoms. The van der Waals surface area contributed by atoms with Gasteiger partial charge in [-0.05, 0) is 6.92 Å². The maximum absolute atomic E-state index is 11.1. The molecular formula is C8H10N6O. The lowest BCUT2D eigenvalue weighted by Crippen LogP contribution is -2.15. The standard InChI is InChI=1S/C8H10N6O/c1-4-5(3-10-14(4)2)6-11-7(9)13-8(15)12-6/h3H,1-2H3,(H3,9,11,12,13,15). The number of aryl methyl sites for hydroxylation is 1. The Morgan fingerprint density at radius 2 is 2.20 bits per heavy atom. The van der Waals surface area contributed by atoms with Crippen LogP contribution >= 0.6 is 0 Å². The molecule has 78 valence electrons. The molecule has 0 spiro atoms. The van der Waals surface area contributed by atoms with E-state index in [1.54, 1.807) is 10.9 Å². The van der Waals surface area contributed by atoms with Crippen LogP contribution in [-0.2, 0) is 7.05 Å². The summed E-state index contributed by atoms with van der Waals surface area (Å²) in [7, 11) is 1.81. The fourth-order valence-electron chi connectivity index (χ4n) is 1.26. The third kappa shape index (κ3) is 1.58. The van der Waals surface area contributed by atoms with Gasteiger partial charge in [0, 0.05) is 12.7 Å². The highest BCUT2D eigenvalue weighted by molar-refractivity contribution is 5.57. The van der Waals surface area contributed by atoms with Crippen molar-refractivity contribution in [2.45, 2.75) is 6.92 Å². The van der Waals surface area contributed by atoms with E-state index < -0.39 is 5.69 Å². The molecule has 15 heavy (non-hydrogen) atoms. The number of rotatable bonds is 1. The molecule has 0 fully saturated rings. The van der Waals surface area contributed by atoms with Gasteiger partial charge in [0.15, 0.2) is 0 Å². The van der Waals surface area contributed by atoms with Gasteiger partial charge in [0.1, 0.15) is 5.82 Å². The van der Waals surface area contributed by atoms with Crippen LogP contribution in [0.3, 0.4) is 0 Å². The van der Waals surface area contributed by atoms with Crippen molar-refractivity contribution in [3.63, 3.8) is 0 Å². The van der Waals surface area contributed by atoms with Crippen LogP contribution in [0, 0.1) is 6.92 Å². The van der Waals surface area contributed by atoms with Gasteiger partial charge in [-0.1, -0.05) is 0 Å². The first-order chi connectivity index (χ1) is 7.08. The molecule has 0 amide bonds. The SMILES string of the molecule is Cc1c(-c2nc(N)nc(=O)[nH]2)cnn1C. The first-order valence-electron chi connectivity index (χ1n) is 4.30. The summed E-state index contributed by atoms with van der Waals surface area (Å²) in [5.74, 6) is 0.343. The van der Waals surface area contributed by atoms with Crippen LogP contribution in [-0.4, -0.2) is 24.7 Å². The number of aromatic amines is 1. The second kappa shape index (κ2) is 3.19. The molecule has 0 aliphatic rings. The zero-order valence-corrected chi connectivity index (χ0v) is 8.35. The van der Waals surface area contributed by atoms with Crippen molar-refractivity contribution >= 4 is 5.95 Å². The minimum absolute atomic E-state index is 0.0444. The zero-order valence-electron chi connectivity index (χ0n) is 8.35. The molecule has 0 saturated carbocycles. The Hall–Kier alpha value is -2.18. The molecule has 2 aromatic heterocycles. The monoisotopic (exact) mass is 206 g/mol. The van der Waals surface area contributed by atoms with Crippen LogP contribution in [0.2, 0.25) is 0 Å². The number of H-pyrrole nitrogens is 1. The quantitative estimate of drug-likeness (QED) is 0.652. The van der Waals surface area contributed by atoms with Gasteiger partial charge in [-0.15, -0.1) is 0 Å². The number of hydrogen-bond donors (Lipinski definition) is 2. The molecule has 0 radical (unpaired) electrons. The normalized spacial score (nSPS) is 10.5. The Bertz CT molecular complexity index is 554. The Morgan fingerprint density at radius 3 is 2.73 bits per heavy atom. The Balaban J connectivity index is 2.64. The summed E-state index contributed by atoms with van der Waals surface area (Å²) in [5, 5.41) is 4.05. The molecule has 2 rings (SSSR count). The summed E-state index contributed by atoms with van der Waals surface area (Å²) in [6.45, 7) is 1.87. The molecule has 0 unspecified atom stereocenters. The minimum atomic E-state index is -0.513. The van der Waals surface area contributed by atoms with E-state index in [4.69, 9.17) is 5.73 Å². The summed E-state index contributed by atoms with van der Waals surface area (Å²) in [6.07, 6.45) is 1.62. The first kappa shape index (κ1) is 9.38. The van der Waals surface area contributed by atoms with Gasteiger partial charge in [0.25, 0.3) is 0 Å². The average Bonchev–Trinajstić information content (AvgIpc) is 2.46. The van der Waals surface area contributed by atoms with E-state index in [1.165, 1.54) is 0 Å². The summed E-state index contributed by atoms with van der Waals surface area (Å²) < 4.78 is 1.69. The molecule has 2 aromatic rings. The molecule has 3 N–H and O–H groups in total. The average molecular weight is 206 g/mol. The highest BCUT2D eigenvalue weighted by Crippen LogP contribution is 2.17. The van der Waals surface area contributed by atoms with Crippen molar-refractivity contribution in [1.29, 1.82) is 0 Å². The van der Waals surface area contributed by atoms with E-state index in [9.17, 15) is 4.79 Å². The zero-order chi connectivity index (χ0) is 11.0. The summed E-state index contributed by atoms with van der Waals surface area (Å²) in [4.78, 5) is 21.0. The fraction of sp³-hybridized carbons (Fsp3) is 0.250. The number of nitrogens with one attached hydrogen (secondary N) is 1. The maximum atomic E-state index is 11.1. The van der Waals surface area contributed by atoms with Gasteiger partial charge in [-0.3, -0.25) is 9.67 Å². The van der Waals surface area contributed by atoms with Crippen molar-refractivity contribution < 1.29 is 0 Å². The van der Waals surface area contributed by atoms with Crippen LogP contribution < -0.4 is 11.4 Å². The van der Waals surface area contributed by atoms with Gasteiger partial charge < -0.3 is 5.73 Å². The fourth-order valence-corrected chi connectivity index (χ4v) is 1.26. The third-order valence-corrected chi connectivity index (χ3v) is 2.16. The highest BCUT2D eigenvalue weighted by Gasteiger charge is 2.09. The maximum Gasteiger partial charge on any atom is 0.349 e. The van der Waals surface area contributed by atoms with Crippen LogP contribution in [0.4, 0.5) is 5.95 Å². The Kier molecular flexibility index (Phi) is 2.00. The van der Waals surface area contributed by atoms with Gasteiger partial charge in [-0.25, -0.2) is 4.79 Å². The number of anilines is 1. The lowest BCUT2D eigenvalue weighted by molar-refractivity contribution is 0.740. The summed E-state index contributed by atoms with van der Waals surface area (Å²) in [6, 6.07) is 0. The van der Waals surface area contributed by atoms with Gasteiger partial charge in [0.2, 0.25) is 5.95 Å². The van der Waals surface area contributed by atoms with Crippen molar-refractivity contribution in [3.05, 3.63) is 22.4 Å². The lowest BCUT2D eigenvalue weighted by atomic mass is 10.2. The predicted octanol–water partition coefficient (Wildman–Crippen LogP) is -0.544. The van der Waals surface area contributed by atoms with Crippen LogP contribution in [0.5, 0.6) is 0 Å². The molecule has 0 atom stereocenters. The molecule has 0 saturated heterocycles. The number of nitrogens with two attached hydrogens (primary N) is 1. The van der Waals surface area contributed by atoms with E-state index >= 15 is 0 Å². The number of nitrogen functional groups attached to an aromatic ring is 1. The van der Waals surface area contributed by atoms with E-state index in [0.29, 0.717) is 5.82 Å². The molecule has 0 aliphatic carbocycles. The second-order valence-electron chi connectivity index (χ2n) is 3.13. The molecule has 7 nitrogen and oxygen atoms in total. The highest BCUT2D eigenvalue weighted by atomic mass is 16.1. The Morgan fingerprint density at radius 1 is 1.47 bits per heavy atom. The Labute approximate surface area is 85.0 Å².